The van der Waals surface area contributed by atoms with E-state index in [-0.39, 0.29) is 40.3 Å². The maximum atomic E-state index is 13.3. The van der Waals surface area contributed by atoms with E-state index in [1.165, 1.54) is 42.6 Å². The quantitative estimate of drug-likeness (QED) is 0.118. The van der Waals surface area contributed by atoms with Crippen LogP contribution in [0.3, 0.4) is 0 Å². The number of alkyl halides is 3. The molecule has 0 radical (unpaired) electrons. The lowest BCUT2D eigenvalue weighted by Crippen LogP contribution is -2.19. The molecule has 0 saturated heterocycles. The van der Waals surface area contributed by atoms with Crippen LogP contribution in [-0.4, -0.2) is 17.1 Å². The molecule has 39 heavy (non-hydrogen) atoms. The number of nitrogens with one attached hydrogen (secondary N) is 2. The monoisotopic (exact) mass is 596 g/mol. The first-order chi connectivity index (χ1) is 18.6. The van der Waals surface area contributed by atoms with Gasteiger partial charge < -0.3 is 10.1 Å². The summed E-state index contributed by atoms with van der Waals surface area (Å²) >= 11 is 13.7. The molecule has 2 N–H and O–H groups in total. The normalized spacial score (nSPS) is 11.5. The van der Waals surface area contributed by atoms with Crippen molar-refractivity contribution in [1.29, 1.82) is 0 Å². The van der Waals surface area contributed by atoms with Crippen molar-refractivity contribution < 1.29 is 27.1 Å². The number of carbonyl (C=O) groups excluding carboxylic acids is 1. The Labute approximate surface area is 234 Å². The molecule has 0 unspecified atom stereocenters. The van der Waals surface area contributed by atoms with E-state index in [1.54, 1.807) is 17.5 Å². The molecule has 4 rings (SSSR count). The molecule has 4 aromatic rings. The smallest absolute Gasteiger partial charge is 0.416 e. The third-order valence-corrected chi connectivity index (χ3v) is 6.40. The molecule has 0 spiro atoms. The molecular weight excluding hydrogens is 579 g/mol. The van der Waals surface area contributed by atoms with Gasteiger partial charge in [-0.15, -0.1) is 11.3 Å². The molecule has 0 aliphatic rings. The Hall–Kier alpha value is -3.67. The van der Waals surface area contributed by atoms with Gasteiger partial charge in [0, 0.05) is 11.1 Å². The topological polar surface area (TPSA) is 75.6 Å². The van der Waals surface area contributed by atoms with Crippen LogP contribution in [0.4, 0.5) is 28.4 Å². The number of nitrogens with zero attached hydrogens (tertiary/aromatic N) is 2. The third kappa shape index (κ3) is 8.16. The molecule has 6 nitrogen and oxygen atoms in total. The van der Waals surface area contributed by atoms with Gasteiger partial charge in [0.25, 0.3) is 0 Å². The largest absolute Gasteiger partial charge is 0.486 e. The van der Waals surface area contributed by atoms with E-state index in [0.29, 0.717) is 22.0 Å². The zero-order valence-electron chi connectivity index (χ0n) is 19.7. The maximum Gasteiger partial charge on any atom is 0.416 e. The fraction of sp³-hybridized carbons (Fsp3) is 0.115. The Morgan fingerprint density at radius 3 is 2.54 bits per heavy atom. The molecule has 0 aliphatic heterocycles. The molecule has 0 fully saturated rings. The molecule has 0 bridgehead atoms. The van der Waals surface area contributed by atoms with E-state index in [1.807, 2.05) is 0 Å². The van der Waals surface area contributed by atoms with Crippen LogP contribution in [0.25, 0.3) is 0 Å². The highest BCUT2D eigenvalue weighted by Crippen LogP contribution is 2.35. The number of thiazole rings is 1. The van der Waals surface area contributed by atoms with E-state index in [4.69, 9.17) is 27.9 Å². The summed E-state index contributed by atoms with van der Waals surface area (Å²) in [4.78, 5) is 16.5. The van der Waals surface area contributed by atoms with Crippen LogP contribution in [0.2, 0.25) is 10.0 Å². The number of anilines is 2. The van der Waals surface area contributed by atoms with E-state index in [9.17, 15) is 22.4 Å². The summed E-state index contributed by atoms with van der Waals surface area (Å²) in [6.45, 7) is 0.0640. The van der Waals surface area contributed by atoms with Crippen molar-refractivity contribution in [2.45, 2.75) is 19.2 Å². The van der Waals surface area contributed by atoms with Crippen LogP contribution < -0.4 is 15.5 Å². The first-order valence-electron chi connectivity index (χ1n) is 11.1. The molecule has 0 saturated carbocycles. The van der Waals surface area contributed by atoms with Gasteiger partial charge in [-0.25, -0.2) is 14.8 Å². The Bertz CT molecular complexity index is 1490. The van der Waals surface area contributed by atoms with E-state index in [2.05, 4.69) is 20.8 Å². The van der Waals surface area contributed by atoms with Crippen molar-refractivity contribution >= 4 is 57.5 Å². The minimum absolute atomic E-state index is 0.0640. The van der Waals surface area contributed by atoms with Gasteiger partial charge in [0.15, 0.2) is 10.9 Å². The number of rotatable bonds is 9. The highest BCUT2D eigenvalue weighted by atomic mass is 35.5. The average molecular weight is 597 g/mol. The second-order valence-corrected chi connectivity index (χ2v) is 9.72. The summed E-state index contributed by atoms with van der Waals surface area (Å²) in [6, 6.07) is 13.7. The van der Waals surface area contributed by atoms with Crippen LogP contribution in [-0.2, 0) is 24.0 Å². The SMILES string of the molecule is O=C(Cc1csc(Nc2cccc(C(F)(F)F)c2)n1)N/N=C\c1cc(Cl)c(OCc2cccc(F)c2)c(Cl)c1. The minimum Gasteiger partial charge on any atom is -0.486 e. The van der Waals surface area contributed by atoms with Crippen molar-refractivity contribution in [3.63, 3.8) is 0 Å². The van der Waals surface area contributed by atoms with Crippen molar-refractivity contribution in [1.82, 2.24) is 10.4 Å². The molecule has 1 amide bonds. The van der Waals surface area contributed by atoms with Crippen LogP contribution in [0.5, 0.6) is 5.75 Å². The van der Waals surface area contributed by atoms with Gasteiger partial charge in [-0.05, 0) is 53.6 Å². The van der Waals surface area contributed by atoms with Crippen LogP contribution in [0.15, 0.2) is 71.1 Å². The Morgan fingerprint density at radius 2 is 1.82 bits per heavy atom. The Morgan fingerprint density at radius 1 is 1.08 bits per heavy atom. The maximum absolute atomic E-state index is 13.3. The lowest BCUT2D eigenvalue weighted by Gasteiger charge is -2.11. The average Bonchev–Trinajstić information content (AvgIpc) is 3.29. The molecule has 1 heterocycles. The zero-order chi connectivity index (χ0) is 28.0. The van der Waals surface area contributed by atoms with E-state index >= 15 is 0 Å². The molecule has 3 aromatic carbocycles. The van der Waals surface area contributed by atoms with Gasteiger partial charge in [0.1, 0.15) is 12.4 Å². The molecular formula is C26H18Cl2F4N4O2S. The molecule has 0 atom stereocenters. The molecule has 202 valence electrons. The van der Waals surface area contributed by atoms with Gasteiger partial charge in [0.05, 0.1) is 33.9 Å². The summed E-state index contributed by atoms with van der Waals surface area (Å²) in [5, 5.41) is 9.05. The number of halogens is 6. The number of amides is 1. The van der Waals surface area contributed by atoms with Gasteiger partial charge in [-0.2, -0.15) is 18.3 Å². The highest BCUT2D eigenvalue weighted by molar-refractivity contribution is 7.13. The van der Waals surface area contributed by atoms with Gasteiger partial charge >= 0.3 is 6.18 Å². The number of ether oxygens (including phenoxy) is 1. The van der Waals surface area contributed by atoms with Gasteiger partial charge in [-0.3, -0.25) is 4.79 Å². The number of hydrazone groups is 1. The number of hydrogen-bond donors (Lipinski definition) is 2. The lowest BCUT2D eigenvalue weighted by molar-refractivity contribution is -0.137. The molecule has 0 aliphatic carbocycles. The fourth-order valence-electron chi connectivity index (χ4n) is 3.30. The van der Waals surface area contributed by atoms with Crippen molar-refractivity contribution in [2.24, 2.45) is 5.10 Å². The van der Waals surface area contributed by atoms with Crippen LogP contribution in [0, 0.1) is 5.82 Å². The summed E-state index contributed by atoms with van der Waals surface area (Å²) in [7, 11) is 0. The Balaban J connectivity index is 1.30. The zero-order valence-corrected chi connectivity index (χ0v) is 22.1. The summed E-state index contributed by atoms with van der Waals surface area (Å²) in [5.41, 5.74) is 3.31. The lowest BCUT2D eigenvalue weighted by atomic mass is 10.2. The van der Waals surface area contributed by atoms with E-state index in [0.717, 1.165) is 23.5 Å². The standard InChI is InChI=1S/C26H18Cl2F4N4O2S/c27-21-8-16(9-22(28)24(21)38-13-15-3-1-5-18(29)7-15)12-33-36-23(37)11-20-14-39-25(35-20)34-19-6-2-4-17(10-19)26(30,31)32/h1-10,12,14H,11,13H2,(H,34,35)(H,36,37)/b33-12-. The van der Waals surface area contributed by atoms with Crippen LogP contribution >= 0.6 is 34.5 Å². The summed E-state index contributed by atoms with van der Waals surface area (Å²) in [6.07, 6.45) is -3.22. The second kappa shape index (κ2) is 12.5. The number of carbonyl (C=O) groups is 1. The summed E-state index contributed by atoms with van der Waals surface area (Å²) < 4.78 is 57.7. The van der Waals surface area contributed by atoms with Crippen molar-refractivity contribution in [2.75, 3.05) is 5.32 Å². The van der Waals surface area contributed by atoms with Gasteiger partial charge in [0.2, 0.25) is 5.91 Å². The third-order valence-electron chi connectivity index (χ3n) is 5.03. The predicted molar refractivity (Wildman–Crippen MR) is 143 cm³/mol. The predicted octanol–water partition coefficient (Wildman–Crippen LogP) is 7.62. The van der Waals surface area contributed by atoms with Crippen LogP contribution in [0.1, 0.15) is 22.4 Å². The second-order valence-electron chi connectivity index (χ2n) is 8.05. The first-order valence-corrected chi connectivity index (χ1v) is 12.8. The highest BCUT2D eigenvalue weighted by Gasteiger charge is 2.30. The van der Waals surface area contributed by atoms with Gasteiger partial charge in [-0.1, -0.05) is 41.4 Å². The molecule has 1 aromatic heterocycles. The Kier molecular flexibility index (Phi) is 9.05. The van der Waals surface area contributed by atoms with Crippen molar-refractivity contribution in [3.05, 3.63) is 104 Å². The van der Waals surface area contributed by atoms with E-state index < -0.39 is 17.6 Å². The number of benzene rings is 3. The summed E-state index contributed by atoms with van der Waals surface area (Å²) in [5.74, 6) is -0.625. The number of hydrogen-bond acceptors (Lipinski definition) is 6. The number of aromatic nitrogens is 1. The minimum atomic E-state index is -4.46. The fourth-order valence-corrected chi connectivity index (χ4v) is 4.64. The first kappa shape index (κ1) is 28.3. The molecule has 13 heteroatoms. The van der Waals surface area contributed by atoms with Crippen molar-refractivity contribution in [3.8, 4) is 5.75 Å².